The van der Waals surface area contributed by atoms with E-state index in [1.54, 1.807) is 0 Å². The number of benzene rings is 2. The van der Waals surface area contributed by atoms with Gasteiger partial charge >= 0.3 is 0 Å². The van der Waals surface area contributed by atoms with Crippen molar-refractivity contribution >= 4 is 22.9 Å². The Balaban J connectivity index is 2.44. The number of rotatable bonds is 1. The van der Waals surface area contributed by atoms with Crippen LogP contribution in [0.5, 0.6) is 17.2 Å². The molecule has 6 N–H and O–H groups in total. The number of fused-ring (bicyclic) bond motifs is 2. The molecule has 0 fully saturated rings. The molecule has 0 saturated carbocycles. The first kappa shape index (κ1) is 13.7. The van der Waals surface area contributed by atoms with Gasteiger partial charge in [-0.15, -0.1) is 0 Å². The molecular formula is C15H12N2O5. The number of ether oxygens (including phenoxy) is 1. The maximum atomic E-state index is 12.7. The largest absolute Gasteiger partial charge is 0.507 e. The molecule has 1 aliphatic rings. The molecule has 7 heteroatoms. The molecule has 0 heterocycles. The van der Waals surface area contributed by atoms with E-state index in [-0.39, 0.29) is 45.1 Å². The van der Waals surface area contributed by atoms with Crippen molar-refractivity contribution in [2.75, 3.05) is 18.6 Å². The Bertz CT molecular complexity index is 858. The molecule has 0 bridgehead atoms. The van der Waals surface area contributed by atoms with Crippen LogP contribution in [0, 0.1) is 0 Å². The number of carbonyl (C=O) groups is 2. The van der Waals surface area contributed by atoms with E-state index in [0.717, 1.165) is 6.07 Å². The summed E-state index contributed by atoms with van der Waals surface area (Å²) >= 11 is 0. The molecule has 2 aromatic rings. The molecule has 0 atom stereocenters. The monoisotopic (exact) mass is 300 g/mol. The number of anilines is 2. The van der Waals surface area contributed by atoms with Crippen LogP contribution in [0.4, 0.5) is 11.4 Å². The fraction of sp³-hybridized carbons (Fsp3) is 0.0667. The highest BCUT2D eigenvalue weighted by molar-refractivity contribution is 6.33. The summed E-state index contributed by atoms with van der Waals surface area (Å²) in [5, 5.41) is 20.0. The van der Waals surface area contributed by atoms with Gasteiger partial charge in [0, 0.05) is 11.8 Å². The van der Waals surface area contributed by atoms with E-state index in [4.69, 9.17) is 16.2 Å². The molecule has 0 saturated heterocycles. The Kier molecular flexibility index (Phi) is 2.74. The number of hydrogen-bond donors (Lipinski definition) is 4. The summed E-state index contributed by atoms with van der Waals surface area (Å²) in [7, 11) is 1.32. The average molecular weight is 300 g/mol. The topological polar surface area (TPSA) is 136 Å². The predicted octanol–water partition coefficient (Wildman–Crippen LogP) is 1.05. The molecule has 0 aliphatic heterocycles. The second-order valence-electron chi connectivity index (χ2n) is 4.84. The maximum Gasteiger partial charge on any atom is 0.200 e. The molecule has 3 rings (SSSR count). The van der Waals surface area contributed by atoms with Gasteiger partial charge in [0.1, 0.15) is 17.2 Å². The van der Waals surface area contributed by atoms with Crippen molar-refractivity contribution in [2.24, 2.45) is 0 Å². The van der Waals surface area contributed by atoms with Crippen molar-refractivity contribution in [3.63, 3.8) is 0 Å². The Morgan fingerprint density at radius 3 is 2.14 bits per heavy atom. The number of phenols is 2. The van der Waals surface area contributed by atoms with Gasteiger partial charge in [-0.3, -0.25) is 9.59 Å². The van der Waals surface area contributed by atoms with Crippen molar-refractivity contribution < 1.29 is 24.5 Å². The van der Waals surface area contributed by atoms with Gasteiger partial charge in [-0.1, -0.05) is 0 Å². The number of nitrogens with two attached hydrogens (primary N) is 2. The van der Waals surface area contributed by atoms with E-state index in [2.05, 4.69) is 0 Å². The minimum atomic E-state index is -0.693. The van der Waals surface area contributed by atoms with E-state index < -0.39 is 17.3 Å². The number of phenolic OH excluding ortho intramolecular Hbond substituents is 2. The van der Waals surface area contributed by atoms with Crippen LogP contribution in [0.1, 0.15) is 31.8 Å². The van der Waals surface area contributed by atoms with E-state index in [0.29, 0.717) is 0 Å². The van der Waals surface area contributed by atoms with Crippen LogP contribution < -0.4 is 16.2 Å². The lowest BCUT2D eigenvalue weighted by molar-refractivity contribution is 0.0975. The lowest BCUT2D eigenvalue weighted by Crippen LogP contribution is -2.24. The van der Waals surface area contributed by atoms with E-state index in [9.17, 15) is 19.8 Å². The molecule has 112 valence electrons. The number of ketones is 2. The van der Waals surface area contributed by atoms with Gasteiger partial charge in [0.15, 0.2) is 0 Å². The summed E-state index contributed by atoms with van der Waals surface area (Å²) in [5.74, 6) is -2.13. The molecule has 0 aromatic heterocycles. The maximum absolute atomic E-state index is 12.7. The predicted molar refractivity (Wildman–Crippen MR) is 78.5 cm³/mol. The molecule has 7 nitrogen and oxygen atoms in total. The molecule has 0 radical (unpaired) electrons. The normalized spacial score (nSPS) is 12.8. The smallest absolute Gasteiger partial charge is 0.200 e. The first-order chi connectivity index (χ1) is 10.4. The highest BCUT2D eigenvalue weighted by atomic mass is 16.5. The molecular weight excluding hydrogens is 288 g/mol. The fourth-order valence-electron chi connectivity index (χ4n) is 2.63. The van der Waals surface area contributed by atoms with Crippen molar-refractivity contribution in [1.29, 1.82) is 0 Å². The number of methoxy groups -OCH3 is 1. The van der Waals surface area contributed by atoms with Crippen LogP contribution in [0.2, 0.25) is 0 Å². The van der Waals surface area contributed by atoms with Gasteiger partial charge in [0.05, 0.1) is 35.1 Å². The standard InChI is InChI=1S/C15H12N2O5/c1-22-8-4-7(19)11-12(13(8)17)15(21)10-6(18)3-2-5(16)9(10)14(11)20/h2-4,18-19H,16-17H2,1H3. The zero-order valence-corrected chi connectivity index (χ0v) is 11.5. The first-order valence-electron chi connectivity index (χ1n) is 6.28. The van der Waals surface area contributed by atoms with Crippen LogP contribution in [-0.4, -0.2) is 28.9 Å². The van der Waals surface area contributed by atoms with Gasteiger partial charge < -0.3 is 26.4 Å². The third-order valence-electron chi connectivity index (χ3n) is 3.65. The van der Waals surface area contributed by atoms with Crippen molar-refractivity contribution in [3.8, 4) is 17.2 Å². The zero-order valence-electron chi connectivity index (χ0n) is 11.5. The second-order valence-corrected chi connectivity index (χ2v) is 4.84. The Labute approximate surface area is 124 Å². The Morgan fingerprint density at radius 1 is 0.909 bits per heavy atom. The number of carbonyl (C=O) groups excluding carboxylic acids is 2. The fourth-order valence-corrected chi connectivity index (χ4v) is 2.63. The molecule has 2 aromatic carbocycles. The lowest BCUT2D eigenvalue weighted by atomic mass is 9.81. The average Bonchev–Trinajstić information content (AvgIpc) is 2.48. The summed E-state index contributed by atoms with van der Waals surface area (Å²) in [6.45, 7) is 0. The van der Waals surface area contributed by atoms with E-state index in [1.807, 2.05) is 0 Å². The van der Waals surface area contributed by atoms with Gasteiger partial charge in [-0.25, -0.2) is 0 Å². The summed E-state index contributed by atoms with van der Waals surface area (Å²) in [6.07, 6.45) is 0. The number of hydrogen-bond acceptors (Lipinski definition) is 7. The van der Waals surface area contributed by atoms with Crippen molar-refractivity contribution in [3.05, 3.63) is 40.5 Å². The highest BCUT2D eigenvalue weighted by Crippen LogP contribution is 2.44. The minimum absolute atomic E-state index is 0.0330. The molecule has 22 heavy (non-hydrogen) atoms. The highest BCUT2D eigenvalue weighted by Gasteiger charge is 2.38. The van der Waals surface area contributed by atoms with Gasteiger partial charge in [0.25, 0.3) is 0 Å². The summed E-state index contributed by atoms with van der Waals surface area (Å²) in [4.78, 5) is 25.3. The number of nitrogen functional groups attached to an aromatic ring is 2. The third kappa shape index (κ3) is 1.56. The molecule has 1 aliphatic carbocycles. The van der Waals surface area contributed by atoms with Crippen LogP contribution in [0.25, 0.3) is 0 Å². The molecule has 0 amide bonds. The second kappa shape index (κ2) is 4.39. The zero-order chi connectivity index (χ0) is 16.2. The lowest BCUT2D eigenvalue weighted by Gasteiger charge is -2.22. The van der Waals surface area contributed by atoms with E-state index in [1.165, 1.54) is 19.2 Å². The van der Waals surface area contributed by atoms with Crippen molar-refractivity contribution in [1.82, 2.24) is 0 Å². The van der Waals surface area contributed by atoms with Gasteiger partial charge in [0.2, 0.25) is 11.6 Å². The van der Waals surface area contributed by atoms with Crippen LogP contribution in [0.15, 0.2) is 18.2 Å². The summed E-state index contributed by atoms with van der Waals surface area (Å²) < 4.78 is 4.98. The Morgan fingerprint density at radius 2 is 1.50 bits per heavy atom. The quantitative estimate of drug-likeness (QED) is 0.389. The molecule has 0 spiro atoms. The Hall–Kier alpha value is -3.22. The van der Waals surface area contributed by atoms with Crippen LogP contribution in [0.3, 0.4) is 0 Å². The first-order valence-corrected chi connectivity index (χ1v) is 6.28. The minimum Gasteiger partial charge on any atom is -0.507 e. The third-order valence-corrected chi connectivity index (χ3v) is 3.65. The van der Waals surface area contributed by atoms with E-state index >= 15 is 0 Å². The van der Waals surface area contributed by atoms with Gasteiger partial charge in [-0.05, 0) is 12.1 Å². The van der Waals surface area contributed by atoms with Crippen LogP contribution in [-0.2, 0) is 0 Å². The molecule has 0 unspecified atom stereocenters. The summed E-state index contributed by atoms with van der Waals surface area (Å²) in [6, 6.07) is 3.69. The SMILES string of the molecule is COc1cc(O)c2c(c1N)C(=O)c1c(O)ccc(N)c1C2=O. The van der Waals surface area contributed by atoms with Crippen LogP contribution >= 0.6 is 0 Å². The summed E-state index contributed by atoms with van der Waals surface area (Å²) in [5.41, 5.74) is 10.7. The van der Waals surface area contributed by atoms with Gasteiger partial charge in [-0.2, -0.15) is 0 Å². The number of aromatic hydroxyl groups is 2. The van der Waals surface area contributed by atoms with Crippen molar-refractivity contribution in [2.45, 2.75) is 0 Å².